The first-order valence-corrected chi connectivity index (χ1v) is 6.73. The fourth-order valence-corrected chi connectivity index (χ4v) is 2.21. The Bertz CT molecular complexity index is 350. The molecular weight excluding hydrogens is 232 g/mol. The first-order chi connectivity index (χ1) is 8.10. The van der Waals surface area contributed by atoms with Crippen LogP contribution in [0, 0.1) is 0 Å². The minimum Gasteiger partial charge on any atom is -0.369 e. The summed E-state index contributed by atoms with van der Waals surface area (Å²) in [6.07, 6.45) is 0. The zero-order valence-corrected chi connectivity index (χ0v) is 12.0. The molecule has 0 saturated carbocycles. The fourth-order valence-electron chi connectivity index (χ4n) is 1.96. The van der Waals surface area contributed by atoms with Gasteiger partial charge in [0.25, 0.3) is 0 Å². The lowest BCUT2D eigenvalue weighted by Crippen LogP contribution is -2.30. The molecule has 0 aliphatic heterocycles. The van der Waals surface area contributed by atoms with Crippen LogP contribution in [0.1, 0.15) is 33.3 Å². The summed E-state index contributed by atoms with van der Waals surface area (Å²) in [5.74, 6) is 0. The summed E-state index contributed by atoms with van der Waals surface area (Å²) in [6, 6.07) is 6.83. The second-order valence-corrected chi connectivity index (χ2v) is 4.84. The maximum Gasteiger partial charge on any atom is 0.0471 e. The molecule has 17 heavy (non-hydrogen) atoms. The molecule has 0 aliphatic rings. The Hall–Kier alpha value is -0.730. The highest BCUT2D eigenvalue weighted by Gasteiger charge is 2.10. The van der Waals surface area contributed by atoms with Crippen molar-refractivity contribution in [2.75, 3.05) is 18.0 Å². The van der Waals surface area contributed by atoms with E-state index in [-0.39, 0.29) is 0 Å². The van der Waals surface area contributed by atoms with Crippen molar-refractivity contribution >= 4 is 17.3 Å². The quantitative estimate of drug-likeness (QED) is 0.833. The topological polar surface area (TPSA) is 15.3 Å². The lowest BCUT2D eigenvalue weighted by atomic mass is 10.1. The smallest absolute Gasteiger partial charge is 0.0471 e. The first-order valence-electron chi connectivity index (χ1n) is 6.35. The van der Waals surface area contributed by atoms with E-state index >= 15 is 0 Å². The van der Waals surface area contributed by atoms with Crippen LogP contribution in [0.15, 0.2) is 18.2 Å². The van der Waals surface area contributed by atoms with Crippen molar-refractivity contribution < 1.29 is 0 Å². The second-order valence-electron chi connectivity index (χ2n) is 4.44. The SMILES string of the molecule is CCNCc1ccc(N(CC)C(C)C)cc1Cl. The van der Waals surface area contributed by atoms with Gasteiger partial charge in [-0.2, -0.15) is 0 Å². The van der Waals surface area contributed by atoms with E-state index in [0.29, 0.717) is 6.04 Å². The second kappa shape index (κ2) is 6.87. The molecule has 0 unspecified atom stereocenters. The van der Waals surface area contributed by atoms with Crippen molar-refractivity contribution in [3.8, 4) is 0 Å². The number of nitrogens with one attached hydrogen (secondary N) is 1. The molecule has 0 atom stereocenters. The van der Waals surface area contributed by atoms with E-state index in [1.54, 1.807) is 0 Å². The molecule has 3 heteroatoms. The molecule has 0 fully saturated rings. The predicted octanol–water partition coefficient (Wildman–Crippen LogP) is 3.68. The van der Waals surface area contributed by atoms with Crippen LogP contribution >= 0.6 is 11.6 Å². The van der Waals surface area contributed by atoms with Gasteiger partial charge in [-0.05, 0) is 45.0 Å². The average molecular weight is 255 g/mol. The van der Waals surface area contributed by atoms with E-state index in [1.165, 1.54) is 5.69 Å². The molecule has 2 nitrogen and oxygen atoms in total. The van der Waals surface area contributed by atoms with Gasteiger partial charge in [-0.3, -0.25) is 0 Å². The Morgan fingerprint density at radius 1 is 1.29 bits per heavy atom. The molecule has 0 radical (unpaired) electrons. The lowest BCUT2D eigenvalue weighted by Gasteiger charge is -2.28. The predicted molar refractivity (Wildman–Crippen MR) is 77.0 cm³/mol. The molecule has 96 valence electrons. The largest absolute Gasteiger partial charge is 0.369 e. The number of hydrogen-bond acceptors (Lipinski definition) is 2. The average Bonchev–Trinajstić information content (AvgIpc) is 2.28. The Morgan fingerprint density at radius 2 is 2.00 bits per heavy atom. The third kappa shape index (κ3) is 3.90. The standard InChI is InChI=1S/C14H23ClN2/c1-5-16-10-12-7-8-13(9-14(12)15)17(6-2)11(3)4/h7-9,11,16H,5-6,10H2,1-4H3. The Kier molecular flexibility index (Phi) is 5.79. The van der Waals surface area contributed by atoms with E-state index in [9.17, 15) is 0 Å². The van der Waals surface area contributed by atoms with Gasteiger partial charge in [-0.1, -0.05) is 24.6 Å². The molecule has 1 N–H and O–H groups in total. The van der Waals surface area contributed by atoms with Crippen LogP contribution in [0.25, 0.3) is 0 Å². The summed E-state index contributed by atoms with van der Waals surface area (Å²) in [5, 5.41) is 4.14. The number of rotatable bonds is 6. The van der Waals surface area contributed by atoms with Crippen LogP contribution in [0.4, 0.5) is 5.69 Å². The zero-order valence-electron chi connectivity index (χ0n) is 11.3. The van der Waals surface area contributed by atoms with Gasteiger partial charge >= 0.3 is 0 Å². The van der Waals surface area contributed by atoms with Gasteiger partial charge in [0.1, 0.15) is 0 Å². The third-order valence-corrected chi connectivity index (χ3v) is 3.25. The van der Waals surface area contributed by atoms with Crippen LogP contribution in [-0.2, 0) is 6.54 Å². The maximum atomic E-state index is 6.30. The molecule has 1 aromatic carbocycles. The molecule has 0 heterocycles. The molecule has 0 aliphatic carbocycles. The van der Waals surface area contributed by atoms with E-state index in [4.69, 9.17) is 11.6 Å². The number of halogens is 1. The van der Waals surface area contributed by atoms with Crippen LogP contribution in [0.2, 0.25) is 5.02 Å². The molecule has 0 aromatic heterocycles. The normalized spacial score (nSPS) is 10.9. The maximum absolute atomic E-state index is 6.30. The molecule has 0 saturated heterocycles. The molecule has 1 rings (SSSR count). The van der Waals surface area contributed by atoms with Crippen molar-refractivity contribution in [1.82, 2.24) is 5.32 Å². The van der Waals surface area contributed by atoms with Crippen molar-refractivity contribution in [2.24, 2.45) is 0 Å². The molecule has 0 spiro atoms. The lowest BCUT2D eigenvalue weighted by molar-refractivity contribution is 0.702. The Morgan fingerprint density at radius 3 is 2.47 bits per heavy atom. The summed E-state index contributed by atoms with van der Waals surface area (Å²) in [6.45, 7) is 11.5. The summed E-state index contributed by atoms with van der Waals surface area (Å²) in [4.78, 5) is 2.34. The van der Waals surface area contributed by atoms with Crippen LogP contribution in [-0.4, -0.2) is 19.1 Å². The van der Waals surface area contributed by atoms with Gasteiger partial charge in [-0.15, -0.1) is 0 Å². The monoisotopic (exact) mass is 254 g/mol. The van der Waals surface area contributed by atoms with Crippen molar-refractivity contribution in [1.29, 1.82) is 0 Å². The summed E-state index contributed by atoms with van der Waals surface area (Å²) in [5.41, 5.74) is 2.37. The van der Waals surface area contributed by atoms with Crippen molar-refractivity contribution in [3.05, 3.63) is 28.8 Å². The molecule has 0 bridgehead atoms. The molecular formula is C14H23ClN2. The van der Waals surface area contributed by atoms with Crippen molar-refractivity contribution in [2.45, 2.75) is 40.3 Å². The number of nitrogens with zero attached hydrogens (tertiary/aromatic N) is 1. The van der Waals surface area contributed by atoms with Crippen LogP contribution < -0.4 is 10.2 Å². The van der Waals surface area contributed by atoms with Crippen LogP contribution in [0.5, 0.6) is 0 Å². The van der Waals surface area contributed by atoms with Gasteiger partial charge in [0.2, 0.25) is 0 Å². The van der Waals surface area contributed by atoms with Gasteiger partial charge in [0.15, 0.2) is 0 Å². The summed E-state index contributed by atoms with van der Waals surface area (Å²) < 4.78 is 0. The van der Waals surface area contributed by atoms with Gasteiger partial charge in [0.05, 0.1) is 0 Å². The third-order valence-electron chi connectivity index (χ3n) is 2.90. The minimum absolute atomic E-state index is 0.496. The van der Waals surface area contributed by atoms with Gasteiger partial charge < -0.3 is 10.2 Å². The van der Waals surface area contributed by atoms with Gasteiger partial charge in [-0.25, -0.2) is 0 Å². The Labute approximate surface area is 110 Å². The molecule has 0 amide bonds. The first kappa shape index (κ1) is 14.3. The highest BCUT2D eigenvalue weighted by Crippen LogP contribution is 2.25. The van der Waals surface area contributed by atoms with Crippen molar-refractivity contribution in [3.63, 3.8) is 0 Å². The van der Waals surface area contributed by atoms with E-state index in [0.717, 1.165) is 30.2 Å². The zero-order chi connectivity index (χ0) is 12.8. The number of anilines is 1. The Balaban J connectivity index is 2.87. The van der Waals surface area contributed by atoms with Gasteiger partial charge in [0, 0.05) is 29.8 Å². The minimum atomic E-state index is 0.496. The fraction of sp³-hybridized carbons (Fsp3) is 0.571. The van der Waals surface area contributed by atoms with E-state index < -0.39 is 0 Å². The number of hydrogen-bond donors (Lipinski definition) is 1. The highest BCUT2D eigenvalue weighted by molar-refractivity contribution is 6.31. The number of benzene rings is 1. The highest BCUT2D eigenvalue weighted by atomic mass is 35.5. The molecule has 1 aromatic rings. The van der Waals surface area contributed by atoms with Crippen LogP contribution in [0.3, 0.4) is 0 Å². The van der Waals surface area contributed by atoms with E-state index in [1.807, 2.05) is 0 Å². The van der Waals surface area contributed by atoms with E-state index in [2.05, 4.69) is 56.1 Å². The summed E-state index contributed by atoms with van der Waals surface area (Å²) in [7, 11) is 0. The summed E-state index contributed by atoms with van der Waals surface area (Å²) >= 11 is 6.30.